The highest BCUT2D eigenvalue weighted by Crippen LogP contribution is 2.30. The summed E-state index contributed by atoms with van der Waals surface area (Å²) < 4.78 is 0. The molecule has 1 unspecified atom stereocenters. The van der Waals surface area contributed by atoms with Crippen LogP contribution in [0.4, 0.5) is 0 Å². The Hall–Kier alpha value is -0.570. The smallest absolute Gasteiger partial charge is 0.106 e. The first-order valence-electron chi connectivity index (χ1n) is 4.69. The zero-order valence-electron chi connectivity index (χ0n) is 7.57. The molecule has 2 bridgehead atoms. The summed E-state index contributed by atoms with van der Waals surface area (Å²) in [4.78, 5) is 7.22. The quantitative estimate of drug-likeness (QED) is 0.453. The third kappa shape index (κ3) is 1.46. The number of hydrogen-bond donors (Lipinski definition) is 0. The van der Waals surface area contributed by atoms with Crippen molar-refractivity contribution in [3.8, 4) is 0 Å². The van der Waals surface area contributed by atoms with Gasteiger partial charge in [-0.2, -0.15) is 0 Å². The van der Waals surface area contributed by atoms with Crippen LogP contribution in [0.1, 0.15) is 12.8 Å². The molecule has 0 aliphatic carbocycles. The van der Waals surface area contributed by atoms with Crippen molar-refractivity contribution in [2.45, 2.75) is 12.8 Å². The topological polar surface area (TPSA) is 24.8 Å². The van der Waals surface area contributed by atoms with E-state index in [0.29, 0.717) is 5.92 Å². The minimum Gasteiger partial charge on any atom is -0.399 e. The predicted molar refractivity (Wildman–Crippen MR) is 48.2 cm³/mol. The fourth-order valence-electron chi connectivity index (χ4n) is 2.32. The fraction of sp³-hybridized carbons (Fsp3) is 0.889. The second kappa shape index (κ2) is 3.44. The van der Waals surface area contributed by atoms with E-state index >= 15 is 0 Å². The van der Waals surface area contributed by atoms with E-state index in [1.54, 1.807) is 7.11 Å². The lowest BCUT2D eigenvalue weighted by molar-refractivity contribution is 0.0818. The van der Waals surface area contributed by atoms with Crippen molar-refractivity contribution in [1.29, 1.82) is 0 Å². The summed E-state index contributed by atoms with van der Waals surface area (Å²) >= 11 is 0. The number of nitrogens with zero attached hydrogens (tertiary/aromatic N) is 2. The maximum Gasteiger partial charge on any atom is 0.106 e. The monoisotopic (exact) mass is 168 g/mol. The highest BCUT2D eigenvalue weighted by molar-refractivity contribution is 5.61. The van der Waals surface area contributed by atoms with E-state index in [9.17, 15) is 0 Å². The van der Waals surface area contributed by atoms with Gasteiger partial charge in [-0.15, -0.1) is 0 Å². The van der Waals surface area contributed by atoms with Crippen molar-refractivity contribution in [3.63, 3.8) is 0 Å². The summed E-state index contributed by atoms with van der Waals surface area (Å²) in [5.41, 5.74) is 0. The number of rotatable bonds is 2. The highest BCUT2D eigenvalue weighted by atomic mass is 16.6. The lowest BCUT2D eigenvalue weighted by Gasteiger charge is -2.43. The third-order valence-electron chi connectivity index (χ3n) is 3.06. The van der Waals surface area contributed by atoms with Gasteiger partial charge >= 0.3 is 0 Å². The average molecular weight is 168 g/mol. The van der Waals surface area contributed by atoms with Gasteiger partial charge in [0.2, 0.25) is 0 Å². The van der Waals surface area contributed by atoms with E-state index < -0.39 is 0 Å². The highest BCUT2D eigenvalue weighted by Gasteiger charge is 2.32. The Balaban J connectivity index is 1.95. The van der Waals surface area contributed by atoms with Crippen molar-refractivity contribution in [1.82, 2.24) is 4.90 Å². The Bertz CT molecular complexity index is 173. The lowest BCUT2D eigenvalue weighted by atomic mass is 9.80. The van der Waals surface area contributed by atoms with Gasteiger partial charge in [0.1, 0.15) is 7.11 Å². The van der Waals surface area contributed by atoms with Crippen LogP contribution >= 0.6 is 0 Å². The Labute approximate surface area is 73.4 Å². The second-order valence-electron chi connectivity index (χ2n) is 3.74. The van der Waals surface area contributed by atoms with Crippen molar-refractivity contribution in [3.05, 3.63) is 0 Å². The molecule has 3 rings (SSSR count). The molecular weight excluding hydrogens is 152 g/mol. The van der Waals surface area contributed by atoms with Crippen LogP contribution in [-0.4, -0.2) is 37.9 Å². The Kier molecular flexibility index (Phi) is 2.30. The van der Waals surface area contributed by atoms with E-state index in [1.165, 1.54) is 32.5 Å². The zero-order chi connectivity index (χ0) is 8.39. The molecule has 0 aromatic carbocycles. The van der Waals surface area contributed by atoms with Gasteiger partial charge in [-0.25, -0.2) is 0 Å². The Morgan fingerprint density at radius 1 is 1.42 bits per heavy atom. The molecule has 3 heterocycles. The molecule has 0 radical (unpaired) electrons. The molecule has 3 nitrogen and oxygen atoms in total. The summed E-state index contributed by atoms with van der Waals surface area (Å²) in [6.45, 7) is 3.78. The van der Waals surface area contributed by atoms with Crippen LogP contribution in [0.3, 0.4) is 0 Å². The molecule has 3 aliphatic rings. The molecule has 3 saturated heterocycles. The molecule has 68 valence electrons. The van der Waals surface area contributed by atoms with E-state index in [0.717, 1.165) is 5.92 Å². The standard InChI is InChI=1S/C9H16N2O/c1-12-10-6-9-7-11-4-2-8(9)3-5-11/h6,8-9H,2-5,7H2,1H3/b10-6+. The number of oxime groups is 1. The first-order valence-corrected chi connectivity index (χ1v) is 4.69. The van der Waals surface area contributed by atoms with Gasteiger partial charge in [-0.1, -0.05) is 5.16 Å². The number of hydrogen-bond acceptors (Lipinski definition) is 3. The molecular formula is C9H16N2O. The predicted octanol–water partition coefficient (Wildman–Crippen LogP) is 0.960. The summed E-state index contributed by atoms with van der Waals surface area (Å²) in [7, 11) is 1.61. The molecule has 3 fully saturated rings. The summed E-state index contributed by atoms with van der Waals surface area (Å²) in [6.07, 6.45) is 4.68. The fourth-order valence-corrected chi connectivity index (χ4v) is 2.32. The van der Waals surface area contributed by atoms with Crippen LogP contribution < -0.4 is 0 Å². The normalized spacial score (nSPS) is 40.6. The first kappa shape index (κ1) is 8.05. The van der Waals surface area contributed by atoms with Gasteiger partial charge in [0.25, 0.3) is 0 Å². The van der Waals surface area contributed by atoms with Crippen LogP contribution in [0, 0.1) is 11.8 Å². The van der Waals surface area contributed by atoms with Gasteiger partial charge < -0.3 is 9.74 Å². The number of fused-ring (bicyclic) bond motifs is 3. The first-order chi connectivity index (χ1) is 5.90. The van der Waals surface area contributed by atoms with Crippen LogP contribution in [0.5, 0.6) is 0 Å². The Morgan fingerprint density at radius 2 is 2.17 bits per heavy atom. The van der Waals surface area contributed by atoms with Crippen molar-refractivity contribution >= 4 is 6.21 Å². The molecule has 0 N–H and O–H groups in total. The lowest BCUT2D eigenvalue weighted by Crippen LogP contribution is -2.47. The van der Waals surface area contributed by atoms with Gasteiger partial charge in [0, 0.05) is 18.7 Å². The van der Waals surface area contributed by atoms with Crippen LogP contribution in [0.2, 0.25) is 0 Å². The molecule has 0 amide bonds. The summed E-state index contributed by atoms with van der Waals surface area (Å²) in [5, 5.41) is 3.86. The van der Waals surface area contributed by atoms with E-state index in [-0.39, 0.29) is 0 Å². The molecule has 0 aromatic heterocycles. The minimum absolute atomic E-state index is 0.646. The van der Waals surface area contributed by atoms with E-state index in [1.807, 2.05) is 6.21 Å². The van der Waals surface area contributed by atoms with E-state index in [4.69, 9.17) is 4.84 Å². The maximum atomic E-state index is 4.70. The van der Waals surface area contributed by atoms with Crippen LogP contribution in [0.15, 0.2) is 5.16 Å². The van der Waals surface area contributed by atoms with Crippen LogP contribution in [-0.2, 0) is 4.84 Å². The van der Waals surface area contributed by atoms with Gasteiger partial charge in [-0.3, -0.25) is 0 Å². The van der Waals surface area contributed by atoms with Crippen molar-refractivity contribution < 1.29 is 4.84 Å². The summed E-state index contributed by atoms with van der Waals surface area (Å²) in [6, 6.07) is 0. The van der Waals surface area contributed by atoms with Crippen LogP contribution in [0.25, 0.3) is 0 Å². The zero-order valence-corrected chi connectivity index (χ0v) is 7.57. The Morgan fingerprint density at radius 3 is 2.67 bits per heavy atom. The molecule has 3 heteroatoms. The second-order valence-corrected chi connectivity index (χ2v) is 3.74. The van der Waals surface area contributed by atoms with Crippen molar-refractivity contribution in [2.24, 2.45) is 17.0 Å². The molecule has 0 saturated carbocycles. The maximum absolute atomic E-state index is 4.70. The molecule has 1 atom stereocenters. The molecule has 0 spiro atoms. The van der Waals surface area contributed by atoms with Gasteiger partial charge in [0.05, 0.1) is 0 Å². The average Bonchev–Trinajstić information content (AvgIpc) is 2.17. The SMILES string of the molecule is CO/N=C/C1CN2CCC1CC2. The van der Waals surface area contributed by atoms with E-state index in [2.05, 4.69) is 10.1 Å². The summed E-state index contributed by atoms with van der Waals surface area (Å²) in [5.74, 6) is 1.52. The molecule has 3 aliphatic heterocycles. The van der Waals surface area contributed by atoms with Gasteiger partial charge in [0.15, 0.2) is 0 Å². The largest absolute Gasteiger partial charge is 0.399 e. The molecule has 0 aromatic rings. The van der Waals surface area contributed by atoms with Crippen molar-refractivity contribution in [2.75, 3.05) is 26.7 Å². The third-order valence-corrected chi connectivity index (χ3v) is 3.06. The van der Waals surface area contributed by atoms with Gasteiger partial charge in [-0.05, 0) is 31.8 Å². The molecule has 12 heavy (non-hydrogen) atoms. The minimum atomic E-state index is 0.646. The number of piperidine rings is 3.